The number of allylic oxidation sites excluding steroid dienone is 1. The Labute approximate surface area is 383 Å². The maximum absolute atomic E-state index is 2.94. The summed E-state index contributed by atoms with van der Waals surface area (Å²) in [6.07, 6.45) is 2.61. The molecule has 0 N–H and O–H groups in total. The Morgan fingerprint density at radius 1 is 0.426 bits per heavy atom. The van der Waals surface area contributed by atoms with E-state index in [1.165, 1.54) is 60.5 Å². The van der Waals surface area contributed by atoms with Gasteiger partial charge in [0.25, 0.3) is 0 Å². The van der Waals surface area contributed by atoms with Crippen molar-refractivity contribution < 1.29 is 45.2 Å². The van der Waals surface area contributed by atoms with E-state index < -0.39 is 25.8 Å². The van der Waals surface area contributed by atoms with Crippen LogP contribution in [-0.4, -0.2) is 5.43 Å². The summed E-state index contributed by atoms with van der Waals surface area (Å²) in [6, 6.07) is 66.3. The Morgan fingerprint density at radius 2 is 0.934 bits per heavy atom. The minimum Gasteiger partial charge on any atom is -1.00 e. The molecule has 0 fully saturated rings. The van der Waals surface area contributed by atoms with E-state index in [0.29, 0.717) is 7.25 Å². The van der Waals surface area contributed by atoms with Crippen LogP contribution in [0.15, 0.2) is 175 Å². The molecule has 10 rings (SSSR count). The van der Waals surface area contributed by atoms with Gasteiger partial charge in [0.05, 0.1) is 0 Å². The molecule has 2 aliphatic rings. The molecular formula is C57H52Cl2SiZr. The molecule has 0 saturated carbocycles. The molecule has 0 bridgehead atoms. The molecule has 8 aromatic carbocycles. The summed E-state index contributed by atoms with van der Waals surface area (Å²) in [6.45, 7) is 16.8. The third kappa shape index (κ3) is 7.57. The van der Waals surface area contributed by atoms with Crippen LogP contribution in [0.3, 0.4) is 0 Å². The van der Waals surface area contributed by atoms with Crippen molar-refractivity contribution in [2.75, 3.05) is 0 Å². The zero-order chi connectivity index (χ0) is 40.6. The predicted molar refractivity (Wildman–Crippen MR) is 252 cm³/mol. The number of hydrogen-bond donors (Lipinski definition) is 0. The number of fused-ring (bicyclic) bond motifs is 7. The molecule has 0 aliphatic heterocycles. The van der Waals surface area contributed by atoms with Crippen LogP contribution in [0.25, 0.3) is 49.9 Å². The van der Waals surface area contributed by atoms with E-state index >= 15 is 0 Å². The smallest absolute Gasteiger partial charge is 1.00 e. The van der Waals surface area contributed by atoms with E-state index in [-0.39, 0.29) is 35.6 Å². The zero-order valence-corrected chi connectivity index (χ0v) is 41.1. The Bertz CT molecular complexity index is 2920. The maximum Gasteiger partial charge on any atom is -1.00 e. The van der Waals surface area contributed by atoms with Gasteiger partial charge in [0.15, 0.2) is 0 Å². The van der Waals surface area contributed by atoms with E-state index in [0.717, 1.165) is 0 Å². The Kier molecular flexibility index (Phi) is 11.9. The van der Waals surface area contributed by atoms with Crippen molar-refractivity contribution in [1.82, 2.24) is 0 Å². The molecule has 1 atom stereocenters. The third-order valence-corrected chi connectivity index (χ3v) is 33.9. The minimum atomic E-state index is -2.94. The van der Waals surface area contributed by atoms with Gasteiger partial charge < -0.3 is 24.8 Å². The first-order valence-corrected chi connectivity index (χ1v) is 29.4. The number of hydrogen-bond acceptors (Lipinski definition) is 0. The Morgan fingerprint density at radius 3 is 1.49 bits per heavy atom. The predicted octanol–water partition coefficient (Wildman–Crippen LogP) is 7.92. The van der Waals surface area contributed by atoms with Crippen molar-refractivity contribution in [3.05, 3.63) is 209 Å². The van der Waals surface area contributed by atoms with Crippen LogP contribution in [0.4, 0.5) is 0 Å². The van der Waals surface area contributed by atoms with Crippen molar-refractivity contribution in [2.45, 2.75) is 66.5 Å². The molecule has 61 heavy (non-hydrogen) atoms. The van der Waals surface area contributed by atoms with Crippen molar-refractivity contribution >= 4 is 43.4 Å². The van der Waals surface area contributed by atoms with Gasteiger partial charge in [0.2, 0.25) is 0 Å². The van der Waals surface area contributed by atoms with Crippen molar-refractivity contribution in [3.8, 4) is 22.3 Å². The van der Waals surface area contributed by atoms with Crippen LogP contribution in [-0.2, 0) is 31.2 Å². The first-order chi connectivity index (χ1) is 28.5. The standard InChI is InChI=1S/C24H17.C21H25.C12H10Si.2ClH.Zr/c1-16-13-17-8-6-12-22(23(17)14-16)24-15-18-7-2-3-9-19(18)20-10-4-5-11-21(20)24;1-20(2,3)16-7-9-18-14(12-16)11-15-13-17(21(4,5)6)8-10-19(15)18;1-3-7-11(8-4-1)13-12-9-5-2-6-10-12;;;/h2-15H,1H3;7-13H,1-6H3;1-10H;2*1H;/q;;;;;+2/p-2. The largest absolute Gasteiger partial charge is 1.00 e. The van der Waals surface area contributed by atoms with Crippen molar-refractivity contribution in [1.29, 1.82) is 0 Å². The van der Waals surface area contributed by atoms with E-state index in [4.69, 9.17) is 0 Å². The monoisotopic (exact) mass is 924 g/mol. The van der Waals surface area contributed by atoms with Crippen LogP contribution in [0.1, 0.15) is 89.1 Å². The average Bonchev–Trinajstić information content (AvgIpc) is 3.75. The summed E-state index contributed by atoms with van der Waals surface area (Å²) in [5.41, 5.74) is 15.0. The van der Waals surface area contributed by atoms with Gasteiger partial charge in [-0.25, -0.2) is 0 Å². The van der Waals surface area contributed by atoms with E-state index in [1.807, 2.05) is 0 Å². The topological polar surface area (TPSA) is 0 Å². The summed E-state index contributed by atoms with van der Waals surface area (Å²) in [7, 11) is 0. The molecule has 2 aliphatic carbocycles. The molecule has 0 radical (unpaired) electrons. The summed E-state index contributed by atoms with van der Waals surface area (Å²) >= 11 is -2.94. The summed E-state index contributed by atoms with van der Waals surface area (Å²) in [4.78, 5) is 0. The van der Waals surface area contributed by atoms with Crippen LogP contribution in [0, 0.1) is 0 Å². The summed E-state index contributed by atoms with van der Waals surface area (Å²) in [5.74, 6) is 0. The van der Waals surface area contributed by atoms with Crippen LogP contribution in [0.2, 0.25) is 0 Å². The van der Waals surface area contributed by atoms with E-state index in [1.54, 1.807) is 32.6 Å². The summed E-state index contributed by atoms with van der Waals surface area (Å²) < 4.78 is 0.805. The van der Waals surface area contributed by atoms with Gasteiger partial charge in [0, 0.05) is 0 Å². The molecule has 1 unspecified atom stereocenters. The second-order valence-electron chi connectivity index (χ2n) is 18.9. The molecule has 8 aromatic rings. The Balaban J connectivity index is 0.00000257. The van der Waals surface area contributed by atoms with Gasteiger partial charge in [-0.2, -0.15) is 0 Å². The molecule has 0 nitrogen and oxygen atoms in total. The second kappa shape index (κ2) is 16.8. The Hall–Kier alpha value is -4.30. The fourth-order valence-corrected chi connectivity index (χ4v) is 35.0. The molecule has 0 aromatic heterocycles. The normalized spacial score (nSPS) is 14.3. The molecule has 0 amide bonds. The van der Waals surface area contributed by atoms with Crippen molar-refractivity contribution in [2.24, 2.45) is 0 Å². The minimum absolute atomic E-state index is 0. The molecule has 0 spiro atoms. The van der Waals surface area contributed by atoms with Gasteiger partial charge in [-0.1, -0.05) is 0 Å². The quantitative estimate of drug-likeness (QED) is 0.122. The number of halogens is 2. The molecule has 0 saturated heterocycles. The zero-order valence-electron chi connectivity index (χ0n) is 36.2. The maximum atomic E-state index is 2.65. The van der Waals surface area contributed by atoms with E-state index in [9.17, 15) is 0 Å². The SMILES string of the molecule is CC1=Cc2c(-c3cc4ccccc4c4ccccc34)cccc2[CH]1[Zr+2]([CH]1c2cc(C(C)(C)C)ccc2-c2ccc(C(C)(C)C)cc21)=[Si](c1ccccc1)c1ccccc1.[Cl-].[Cl-]. The number of rotatable bonds is 5. The van der Waals surface area contributed by atoms with Crippen LogP contribution < -0.4 is 35.2 Å². The van der Waals surface area contributed by atoms with E-state index in [2.05, 4.69) is 224 Å². The van der Waals surface area contributed by atoms with Gasteiger partial charge >= 0.3 is 361 Å². The first-order valence-electron chi connectivity index (χ1n) is 21.3. The average molecular weight is 927 g/mol. The van der Waals surface area contributed by atoms with Gasteiger partial charge in [0.1, 0.15) is 0 Å². The van der Waals surface area contributed by atoms with Gasteiger partial charge in [-0.3, -0.25) is 0 Å². The third-order valence-electron chi connectivity index (χ3n) is 13.1. The molecule has 302 valence electrons. The van der Waals surface area contributed by atoms with Gasteiger partial charge in [-0.05, 0) is 0 Å². The second-order valence-corrected chi connectivity index (χ2v) is 33.0. The van der Waals surface area contributed by atoms with Gasteiger partial charge in [-0.15, -0.1) is 0 Å². The first kappa shape index (κ1) is 43.4. The van der Waals surface area contributed by atoms with Crippen molar-refractivity contribution in [3.63, 3.8) is 0 Å². The van der Waals surface area contributed by atoms with Crippen LogP contribution >= 0.6 is 0 Å². The number of benzene rings is 8. The fourth-order valence-electron chi connectivity index (χ4n) is 10.2. The molecule has 0 heterocycles. The summed E-state index contributed by atoms with van der Waals surface area (Å²) in [5, 5.41) is 8.39. The molecule has 4 heteroatoms. The molecular weight excluding hydrogens is 875 g/mol. The fraction of sp³-hybridized carbons (Fsp3) is 0.193. The van der Waals surface area contributed by atoms with Crippen LogP contribution in [0.5, 0.6) is 0 Å².